The van der Waals surface area contributed by atoms with Gasteiger partial charge in [0.15, 0.2) is 0 Å². The zero-order chi connectivity index (χ0) is 10.5. The van der Waals surface area contributed by atoms with Gasteiger partial charge in [-0.05, 0) is 43.7 Å². The number of furan rings is 1. The molecule has 1 aromatic rings. The summed E-state index contributed by atoms with van der Waals surface area (Å²) in [6, 6.07) is 6.51. The van der Waals surface area contributed by atoms with Gasteiger partial charge in [0, 0.05) is 5.92 Å². The maximum absolute atomic E-state index is 9.20. The molecule has 2 nitrogen and oxygen atoms in total. The second kappa shape index (κ2) is 2.88. The zero-order valence-electron chi connectivity index (χ0n) is 8.99. The summed E-state index contributed by atoms with van der Waals surface area (Å²) in [5, 5.41) is 9.20. The first kappa shape index (κ1) is 9.03. The average molecular weight is 201 g/mol. The van der Waals surface area contributed by atoms with E-state index in [1.54, 1.807) is 0 Å². The van der Waals surface area contributed by atoms with Gasteiger partial charge in [0.05, 0.1) is 6.07 Å². The van der Waals surface area contributed by atoms with Gasteiger partial charge in [0.25, 0.3) is 0 Å². The summed E-state index contributed by atoms with van der Waals surface area (Å²) >= 11 is 0. The van der Waals surface area contributed by atoms with Crippen molar-refractivity contribution in [3.63, 3.8) is 0 Å². The summed E-state index contributed by atoms with van der Waals surface area (Å²) in [7, 11) is 0. The first-order valence-corrected chi connectivity index (χ1v) is 5.77. The van der Waals surface area contributed by atoms with Crippen LogP contribution in [0.1, 0.15) is 50.0 Å². The van der Waals surface area contributed by atoms with Crippen molar-refractivity contribution in [2.45, 2.75) is 43.9 Å². The van der Waals surface area contributed by atoms with Gasteiger partial charge in [-0.25, -0.2) is 0 Å². The Labute approximate surface area is 89.9 Å². The average Bonchev–Trinajstić information content (AvgIpc) is 2.72. The van der Waals surface area contributed by atoms with Gasteiger partial charge in [-0.2, -0.15) is 5.26 Å². The van der Waals surface area contributed by atoms with Crippen LogP contribution in [0.2, 0.25) is 0 Å². The van der Waals surface area contributed by atoms with Crippen LogP contribution >= 0.6 is 0 Å². The largest absolute Gasteiger partial charge is 0.464 e. The van der Waals surface area contributed by atoms with Crippen LogP contribution < -0.4 is 0 Å². The molecule has 0 bridgehead atoms. The molecule has 2 fully saturated rings. The molecule has 0 spiro atoms. The van der Waals surface area contributed by atoms with E-state index in [1.165, 1.54) is 6.42 Å². The van der Waals surface area contributed by atoms with Gasteiger partial charge in [0.2, 0.25) is 0 Å². The summed E-state index contributed by atoms with van der Waals surface area (Å²) in [6.45, 7) is 2.25. The van der Waals surface area contributed by atoms with Crippen LogP contribution in [0.4, 0.5) is 0 Å². The van der Waals surface area contributed by atoms with Gasteiger partial charge in [0.1, 0.15) is 16.9 Å². The second-order valence-corrected chi connectivity index (χ2v) is 5.07. The highest BCUT2D eigenvalue weighted by Crippen LogP contribution is 2.50. The molecule has 0 N–H and O–H groups in total. The topological polar surface area (TPSA) is 36.9 Å². The van der Waals surface area contributed by atoms with Crippen LogP contribution in [0.5, 0.6) is 0 Å². The molecule has 2 heteroatoms. The Hall–Kier alpha value is -1.23. The Morgan fingerprint density at radius 1 is 1.47 bits per heavy atom. The van der Waals surface area contributed by atoms with Gasteiger partial charge in [-0.3, -0.25) is 0 Å². The summed E-state index contributed by atoms with van der Waals surface area (Å²) in [6.07, 6.45) is 4.34. The molecule has 78 valence electrons. The van der Waals surface area contributed by atoms with E-state index in [-0.39, 0.29) is 5.41 Å². The molecule has 0 amide bonds. The molecule has 0 aliphatic heterocycles. The molecule has 1 heterocycles. The standard InChI is InChI=1S/C13H15NO/c1-9-7-10(9)11-3-4-12(15-11)13(8-14)5-2-6-13/h3-4,9-10H,2,5-7H2,1H3. The van der Waals surface area contributed by atoms with E-state index in [1.807, 2.05) is 6.07 Å². The minimum atomic E-state index is -0.281. The van der Waals surface area contributed by atoms with Crippen molar-refractivity contribution in [3.8, 4) is 6.07 Å². The van der Waals surface area contributed by atoms with Crippen LogP contribution in [-0.2, 0) is 5.41 Å². The number of rotatable bonds is 2. The lowest BCUT2D eigenvalue weighted by molar-refractivity contribution is 0.262. The molecule has 0 aromatic carbocycles. The summed E-state index contributed by atoms with van der Waals surface area (Å²) in [5.74, 6) is 3.39. The fourth-order valence-electron chi connectivity index (χ4n) is 2.47. The van der Waals surface area contributed by atoms with E-state index >= 15 is 0 Å². The Morgan fingerprint density at radius 3 is 2.67 bits per heavy atom. The first-order chi connectivity index (χ1) is 7.25. The highest BCUT2D eigenvalue weighted by Gasteiger charge is 2.43. The van der Waals surface area contributed by atoms with E-state index < -0.39 is 0 Å². The predicted octanol–water partition coefficient (Wildman–Crippen LogP) is 3.35. The Kier molecular flexibility index (Phi) is 1.74. The van der Waals surface area contributed by atoms with Gasteiger partial charge in [-0.1, -0.05) is 6.92 Å². The van der Waals surface area contributed by atoms with Crippen molar-refractivity contribution in [2.75, 3.05) is 0 Å². The molecule has 3 rings (SSSR count). The van der Waals surface area contributed by atoms with E-state index in [2.05, 4.69) is 19.1 Å². The summed E-state index contributed by atoms with van der Waals surface area (Å²) in [4.78, 5) is 0. The van der Waals surface area contributed by atoms with Gasteiger partial charge >= 0.3 is 0 Å². The predicted molar refractivity (Wildman–Crippen MR) is 56.4 cm³/mol. The lowest BCUT2D eigenvalue weighted by Crippen LogP contribution is -2.31. The van der Waals surface area contributed by atoms with E-state index in [4.69, 9.17) is 4.42 Å². The highest BCUT2D eigenvalue weighted by molar-refractivity contribution is 5.30. The van der Waals surface area contributed by atoms with Crippen LogP contribution in [-0.4, -0.2) is 0 Å². The normalized spacial score (nSPS) is 31.7. The van der Waals surface area contributed by atoms with E-state index in [9.17, 15) is 5.26 Å². The number of hydrogen-bond donors (Lipinski definition) is 0. The molecule has 2 saturated carbocycles. The SMILES string of the molecule is CC1CC1c1ccc(C2(C#N)CCC2)o1. The molecular formula is C13H15NO. The Morgan fingerprint density at radius 2 is 2.20 bits per heavy atom. The van der Waals surface area contributed by atoms with Crippen molar-refractivity contribution in [1.29, 1.82) is 5.26 Å². The molecule has 2 unspecified atom stereocenters. The van der Waals surface area contributed by atoms with Crippen molar-refractivity contribution >= 4 is 0 Å². The van der Waals surface area contributed by atoms with Crippen molar-refractivity contribution < 1.29 is 4.42 Å². The van der Waals surface area contributed by atoms with E-state index in [0.717, 1.165) is 36.7 Å². The molecule has 2 aliphatic carbocycles. The summed E-state index contributed by atoms with van der Waals surface area (Å²) < 4.78 is 5.85. The number of hydrogen-bond acceptors (Lipinski definition) is 2. The quantitative estimate of drug-likeness (QED) is 0.735. The maximum atomic E-state index is 9.20. The third-order valence-corrected chi connectivity index (χ3v) is 3.99. The molecule has 2 aliphatic rings. The third kappa shape index (κ3) is 1.23. The lowest BCUT2D eigenvalue weighted by Gasteiger charge is -2.32. The number of nitrogens with zero attached hydrogens (tertiary/aromatic N) is 1. The smallest absolute Gasteiger partial charge is 0.124 e. The van der Waals surface area contributed by atoms with Crippen LogP contribution in [0, 0.1) is 17.2 Å². The maximum Gasteiger partial charge on any atom is 0.124 e. The minimum absolute atomic E-state index is 0.281. The van der Waals surface area contributed by atoms with Crippen molar-refractivity contribution in [1.82, 2.24) is 0 Å². The molecule has 1 aromatic heterocycles. The Bertz CT molecular complexity index is 422. The molecule has 0 radical (unpaired) electrons. The first-order valence-electron chi connectivity index (χ1n) is 5.77. The van der Waals surface area contributed by atoms with Crippen LogP contribution in [0.25, 0.3) is 0 Å². The fraction of sp³-hybridized carbons (Fsp3) is 0.615. The third-order valence-electron chi connectivity index (χ3n) is 3.99. The summed E-state index contributed by atoms with van der Waals surface area (Å²) in [5.41, 5.74) is -0.281. The van der Waals surface area contributed by atoms with Crippen molar-refractivity contribution in [3.05, 3.63) is 23.7 Å². The Balaban J connectivity index is 1.87. The van der Waals surface area contributed by atoms with Crippen molar-refractivity contribution in [2.24, 2.45) is 5.92 Å². The van der Waals surface area contributed by atoms with E-state index in [0.29, 0.717) is 5.92 Å². The zero-order valence-corrected chi connectivity index (χ0v) is 8.99. The molecule has 2 atom stereocenters. The number of nitriles is 1. The van der Waals surface area contributed by atoms with Gasteiger partial charge < -0.3 is 4.42 Å². The fourth-order valence-corrected chi connectivity index (χ4v) is 2.47. The van der Waals surface area contributed by atoms with Crippen LogP contribution in [0.3, 0.4) is 0 Å². The molecular weight excluding hydrogens is 186 g/mol. The van der Waals surface area contributed by atoms with Gasteiger partial charge in [-0.15, -0.1) is 0 Å². The highest BCUT2D eigenvalue weighted by atomic mass is 16.3. The minimum Gasteiger partial charge on any atom is -0.464 e. The molecule has 15 heavy (non-hydrogen) atoms. The monoisotopic (exact) mass is 201 g/mol. The van der Waals surface area contributed by atoms with Crippen LogP contribution in [0.15, 0.2) is 16.5 Å². The second-order valence-electron chi connectivity index (χ2n) is 5.07. The molecule has 0 saturated heterocycles. The lowest BCUT2D eigenvalue weighted by atomic mass is 9.68.